The number of ether oxygens (including phenoxy) is 2. The lowest BCUT2D eigenvalue weighted by molar-refractivity contribution is 0.393. The summed E-state index contributed by atoms with van der Waals surface area (Å²) in [5, 5.41) is 6.99. The molecule has 0 radical (unpaired) electrons. The van der Waals surface area contributed by atoms with Crippen LogP contribution in [0.25, 0.3) is 0 Å². The third-order valence-electron chi connectivity index (χ3n) is 4.26. The van der Waals surface area contributed by atoms with Gasteiger partial charge in [0, 0.05) is 28.1 Å². The van der Waals surface area contributed by atoms with Gasteiger partial charge in [0.05, 0.1) is 25.6 Å². The van der Waals surface area contributed by atoms with Crippen LogP contribution in [0.1, 0.15) is 5.56 Å². The molecule has 3 aromatic rings. The summed E-state index contributed by atoms with van der Waals surface area (Å²) in [6, 6.07) is 20.7. The van der Waals surface area contributed by atoms with E-state index in [1.165, 1.54) is 9.79 Å². The SMILES string of the molecule is COc1cc(CNc2ccc3c(c2)Nc2ccccc2S3)cc(OC)c1. The monoisotopic (exact) mass is 364 g/mol. The molecular weight excluding hydrogens is 344 g/mol. The van der Waals surface area contributed by atoms with Gasteiger partial charge in [-0.25, -0.2) is 0 Å². The lowest BCUT2D eigenvalue weighted by Gasteiger charge is -2.21. The number of hydrogen-bond acceptors (Lipinski definition) is 5. The van der Waals surface area contributed by atoms with Gasteiger partial charge in [0.25, 0.3) is 0 Å². The largest absolute Gasteiger partial charge is 0.497 e. The normalized spacial score (nSPS) is 11.8. The van der Waals surface area contributed by atoms with Crippen molar-refractivity contribution in [1.29, 1.82) is 0 Å². The second kappa shape index (κ2) is 7.22. The van der Waals surface area contributed by atoms with Crippen LogP contribution >= 0.6 is 11.8 Å². The third kappa shape index (κ3) is 3.44. The Bertz CT molecular complexity index is 921. The average Bonchev–Trinajstić information content (AvgIpc) is 2.70. The molecular formula is C21H20N2O2S. The number of rotatable bonds is 5. The lowest BCUT2D eigenvalue weighted by atomic mass is 10.2. The van der Waals surface area contributed by atoms with E-state index in [1.807, 2.05) is 18.2 Å². The van der Waals surface area contributed by atoms with Crippen molar-refractivity contribution in [3.05, 3.63) is 66.2 Å². The maximum Gasteiger partial charge on any atom is 0.122 e. The highest BCUT2D eigenvalue weighted by Crippen LogP contribution is 2.44. The number of nitrogens with one attached hydrogen (secondary N) is 2. The quantitative estimate of drug-likeness (QED) is 0.488. The summed E-state index contributed by atoms with van der Waals surface area (Å²) in [6.07, 6.45) is 0. The fourth-order valence-electron chi connectivity index (χ4n) is 2.92. The van der Waals surface area contributed by atoms with Crippen molar-refractivity contribution in [3.8, 4) is 11.5 Å². The van der Waals surface area contributed by atoms with Gasteiger partial charge in [0.15, 0.2) is 0 Å². The summed E-state index contributed by atoms with van der Waals surface area (Å²) in [5.41, 5.74) is 4.45. The first-order valence-electron chi connectivity index (χ1n) is 8.39. The first-order chi connectivity index (χ1) is 12.7. The van der Waals surface area contributed by atoms with Crippen molar-refractivity contribution in [3.63, 3.8) is 0 Å². The Morgan fingerprint density at radius 1 is 0.846 bits per heavy atom. The van der Waals surface area contributed by atoms with Crippen LogP contribution < -0.4 is 20.1 Å². The minimum Gasteiger partial charge on any atom is -0.497 e. The van der Waals surface area contributed by atoms with Crippen LogP contribution in [0.5, 0.6) is 11.5 Å². The summed E-state index contributed by atoms with van der Waals surface area (Å²) >= 11 is 1.79. The number of para-hydroxylation sites is 1. The zero-order valence-electron chi connectivity index (χ0n) is 14.7. The highest BCUT2D eigenvalue weighted by atomic mass is 32.2. The summed E-state index contributed by atoms with van der Waals surface area (Å²) in [4.78, 5) is 2.49. The Hall–Kier alpha value is -2.79. The molecule has 2 N–H and O–H groups in total. The van der Waals surface area contributed by atoms with E-state index >= 15 is 0 Å². The molecule has 0 bridgehead atoms. The predicted octanol–water partition coefficient (Wildman–Crippen LogP) is 5.52. The van der Waals surface area contributed by atoms with Crippen LogP contribution in [0, 0.1) is 0 Å². The van der Waals surface area contributed by atoms with E-state index in [2.05, 4.69) is 53.1 Å². The number of benzene rings is 3. The second-order valence-electron chi connectivity index (χ2n) is 6.01. The van der Waals surface area contributed by atoms with Crippen molar-refractivity contribution in [1.82, 2.24) is 0 Å². The van der Waals surface area contributed by atoms with Crippen LogP contribution in [0.3, 0.4) is 0 Å². The summed E-state index contributed by atoms with van der Waals surface area (Å²) in [5.74, 6) is 1.59. The molecule has 4 nitrogen and oxygen atoms in total. The highest BCUT2D eigenvalue weighted by molar-refractivity contribution is 7.99. The van der Waals surface area contributed by atoms with Crippen molar-refractivity contribution in [2.45, 2.75) is 16.3 Å². The third-order valence-corrected chi connectivity index (χ3v) is 5.42. The predicted molar refractivity (Wildman–Crippen MR) is 107 cm³/mol. The Labute approximate surface area is 157 Å². The maximum absolute atomic E-state index is 5.34. The molecule has 3 aromatic carbocycles. The minimum atomic E-state index is 0.691. The molecule has 1 aliphatic rings. The molecule has 0 atom stereocenters. The standard InChI is InChI=1S/C21H20N2O2S/c1-24-16-9-14(10-17(12-16)25-2)13-22-15-7-8-21-19(11-15)23-18-5-3-4-6-20(18)26-21/h3-12,22-23H,13H2,1-2H3. The summed E-state index contributed by atoms with van der Waals surface area (Å²) in [6.45, 7) is 0.691. The van der Waals surface area contributed by atoms with E-state index in [1.54, 1.807) is 26.0 Å². The fraction of sp³-hybridized carbons (Fsp3) is 0.143. The van der Waals surface area contributed by atoms with Crippen LogP contribution in [-0.4, -0.2) is 14.2 Å². The van der Waals surface area contributed by atoms with Crippen molar-refractivity contribution in [2.75, 3.05) is 24.9 Å². The van der Waals surface area contributed by atoms with E-state index in [0.29, 0.717) is 6.54 Å². The summed E-state index contributed by atoms with van der Waals surface area (Å²) in [7, 11) is 3.33. The Morgan fingerprint density at radius 3 is 2.35 bits per heavy atom. The maximum atomic E-state index is 5.34. The van der Waals surface area contributed by atoms with Gasteiger partial charge in [-0.2, -0.15) is 0 Å². The van der Waals surface area contributed by atoms with E-state index in [0.717, 1.165) is 34.1 Å². The van der Waals surface area contributed by atoms with Gasteiger partial charge in [-0.1, -0.05) is 23.9 Å². The van der Waals surface area contributed by atoms with Gasteiger partial charge in [-0.15, -0.1) is 0 Å². The Morgan fingerprint density at radius 2 is 1.58 bits per heavy atom. The van der Waals surface area contributed by atoms with E-state index in [4.69, 9.17) is 9.47 Å². The molecule has 4 rings (SSSR count). The first-order valence-corrected chi connectivity index (χ1v) is 9.20. The minimum absolute atomic E-state index is 0.691. The van der Waals surface area contributed by atoms with Crippen molar-refractivity contribution in [2.24, 2.45) is 0 Å². The van der Waals surface area contributed by atoms with Gasteiger partial charge in [-0.3, -0.25) is 0 Å². The first kappa shape index (κ1) is 16.7. The molecule has 0 fully saturated rings. The molecule has 1 heterocycles. The molecule has 0 aromatic heterocycles. The van der Waals surface area contributed by atoms with Crippen molar-refractivity contribution < 1.29 is 9.47 Å². The lowest BCUT2D eigenvalue weighted by Crippen LogP contribution is -2.03. The van der Waals surface area contributed by atoms with Crippen LogP contribution in [-0.2, 0) is 6.54 Å². The van der Waals surface area contributed by atoms with Gasteiger partial charge in [-0.05, 0) is 48.0 Å². The molecule has 0 aliphatic carbocycles. The topological polar surface area (TPSA) is 42.5 Å². The molecule has 0 unspecified atom stereocenters. The van der Waals surface area contributed by atoms with Crippen molar-refractivity contribution >= 4 is 28.8 Å². The highest BCUT2D eigenvalue weighted by Gasteiger charge is 2.15. The van der Waals surface area contributed by atoms with Gasteiger partial charge in [0.2, 0.25) is 0 Å². The fourth-order valence-corrected chi connectivity index (χ4v) is 3.89. The van der Waals surface area contributed by atoms with Crippen LogP contribution in [0.2, 0.25) is 0 Å². The number of methoxy groups -OCH3 is 2. The van der Waals surface area contributed by atoms with Crippen LogP contribution in [0.15, 0.2) is 70.5 Å². The Kier molecular flexibility index (Phi) is 4.63. The zero-order chi connectivity index (χ0) is 17.9. The zero-order valence-corrected chi connectivity index (χ0v) is 15.5. The molecule has 0 amide bonds. The molecule has 5 heteroatoms. The smallest absolute Gasteiger partial charge is 0.122 e. The van der Waals surface area contributed by atoms with Crippen LogP contribution in [0.4, 0.5) is 17.1 Å². The van der Waals surface area contributed by atoms with Gasteiger partial charge in [0.1, 0.15) is 11.5 Å². The average molecular weight is 364 g/mol. The molecule has 0 spiro atoms. The summed E-state index contributed by atoms with van der Waals surface area (Å²) < 4.78 is 10.7. The number of fused-ring (bicyclic) bond motifs is 2. The molecule has 26 heavy (non-hydrogen) atoms. The van der Waals surface area contributed by atoms with Gasteiger partial charge < -0.3 is 20.1 Å². The number of anilines is 3. The second-order valence-corrected chi connectivity index (χ2v) is 7.09. The van der Waals surface area contributed by atoms with E-state index in [-0.39, 0.29) is 0 Å². The van der Waals surface area contributed by atoms with E-state index < -0.39 is 0 Å². The number of hydrogen-bond donors (Lipinski definition) is 2. The van der Waals surface area contributed by atoms with E-state index in [9.17, 15) is 0 Å². The Balaban J connectivity index is 1.51. The molecule has 132 valence electrons. The molecule has 0 saturated carbocycles. The van der Waals surface area contributed by atoms with Gasteiger partial charge >= 0.3 is 0 Å². The molecule has 1 aliphatic heterocycles. The molecule has 0 saturated heterocycles.